The fraction of sp³-hybridized carbons (Fsp3) is 0. The Bertz CT molecular complexity index is 356. The predicted octanol–water partition coefficient (Wildman–Crippen LogP) is -6.78. The standard InChI is InChI=1S/AsH3.3Mo.6H3N.12O/h1H3;;;;6*1H3;;;;;;;;;;;;/q;;;;;;;;;;;;;;;;6*-1/p+6. The van der Waals surface area contributed by atoms with Gasteiger partial charge in [0, 0.05) is 0 Å². The Morgan fingerprint density at radius 2 is 0.364 bits per heavy atom. The molecule has 0 fully saturated rings. The topological polar surface area (TPSA) is 460 Å². The molecule has 0 aromatic carbocycles. The molecule has 24 N–H and O–H groups in total. The van der Waals surface area contributed by atoms with E-state index >= 15 is 0 Å². The molecule has 0 aliphatic carbocycles. The second kappa shape index (κ2) is 26.8. The summed E-state index contributed by atoms with van der Waals surface area (Å²) in [5, 5.41) is 0. The molecule has 0 aromatic heterocycles. The Hall–Kier alpha value is 0.943. The van der Waals surface area contributed by atoms with E-state index in [9.17, 15) is 0 Å². The van der Waals surface area contributed by atoms with Crippen LogP contribution >= 0.6 is 0 Å². The van der Waals surface area contributed by atoms with Crippen LogP contribution in [0.15, 0.2) is 0 Å². The van der Waals surface area contributed by atoms with Crippen LogP contribution in [0.3, 0.4) is 0 Å². The van der Waals surface area contributed by atoms with Gasteiger partial charge >= 0.3 is 111 Å². The summed E-state index contributed by atoms with van der Waals surface area (Å²) >= 11 is -18.1. The van der Waals surface area contributed by atoms with Crippen molar-refractivity contribution in [2.75, 3.05) is 0 Å². The molecule has 0 aliphatic rings. The summed E-state index contributed by atoms with van der Waals surface area (Å²) in [5.74, 6) is 0. The summed E-state index contributed by atoms with van der Waals surface area (Å²) < 4.78 is 104. The zero-order valence-electron chi connectivity index (χ0n) is 12.8. The van der Waals surface area contributed by atoms with Crippen molar-refractivity contribution >= 4 is 18.0 Å². The summed E-state index contributed by atoms with van der Waals surface area (Å²) in [6.45, 7) is 0. The third kappa shape index (κ3) is 9360. The molecule has 22 heteroatoms. The van der Waals surface area contributed by atoms with E-state index in [0.29, 0.717) is 0 Å². The molecular formula is H27AsMo3N6O12. The maximum absolute atomic E-state index is 8.63. The van der Waals surface area contributed by atoms with Gasteiger partial charge in [0.05, 0.1) is 0 Å². The Kier molecular flexibility index (Phi) is 80.4. The molecule has 0 saturated heterocycles. The van der Waals surface area contributed by atoms with Crippen molar-refractivity contribution in [1.29, 1.82) is 0 Å². The van der Waals surface area contributed by atoms with Gasteiger partial charge in [0.15, 0.2) is 0 Å². The van der Waals surface area contributed by atoms with E-state index in [2.05, 4.69) is 0 Å². The van der Waals surface area contributed by atoms with Gasteiger partial charge < -0.3 is 36.9 Å². The first-order chi connectivity index (χ1) is 6.00. The second-order valence-corrected chi connectivity index (χ2v) is 7.25. The van der Waals surface area contributed by atoms with E-state index in [1.807, 2.05) is 0 Å². The molecule has 18 nitrogen and oxygen atoms in total. The minimum absolute atomic E-state index is 0. The van der Waals surface area contributed by atoms with Gasteiger partial charge in [0.1, 0.15) is 0 Å². The molecule has 1 atom stereocenters. The van der Waals surface area contributed by atoms with Crippen LogP contribution in [0.4, 0.5) is 0 Å². The molecule has 22 heavy (non-hydrogen) atoms. The van der Waals surface area contributed by atoms with Gasteiger partial charge in [-0.3, -0.25) is 0 Å². The fourth-order valence-corrected chi connectivity index (χ4v) is 0. The second-order valence-electron chi connectivity index (χ2n) is 1.22. The van der Waals surface area contributed by atoms with Crippen LogP contribution in [0.5, 0.6) is 0 Å². The first-order valence-corrected chi connectivity index (χ1v) is 11.8. The SMILES string of the molecule is [AsH3].[NH4+].[NH4+].[NH4+].[NH4+].[NH4+].[NH4+].[O]=[Mo](=[O])([O-])[O-].[O]=[Mo](=[O])([O-])[O-].[O]=[Mo](=[O])([O-])[O-]. The van der Waals surface area contributed by atoms with Crippen LogP contribution in [0.2, 0.25) is 0 Å². The summed E-state index contributed by atoms with van der Waals surface area (Å²) in [6, 6.07) is 0. The maximum atomic E-state index is 8.63. The van der Waals surface area contributed by atoms with Gasteiger partial charge in [0.25, 0.3) is 0 Å². The molecule has 0 bridgehead atoms. The van der Waals surface area contributed by atoms with Crippen LogP contribution in [0.1, 0.15) is 0 Å². The third-order valence-corrected chi connectivity index (χ3v) is 0. The van der Waals surface area contributed by atoms with Crippen molar-refractivity contribution in [3.8, 4) is 0 Å². The van der Waals surface area contributed by atoms with Gasteiger partial charge in [-0.05, 0) is 0 Å². The Labute approximate surface area is 147 Å². The summed E-state index contributed by atoms with van der Waals surface area (Å²) in [6.07, 6.45) is 0. The van der Waals surface area contributed by atoms with Gasteiger partial charge in [-0.25, -0.2) is 0 Å². The molecule has 152 valence electrons. The zero-order valence-corrected chi connectivity index (χ0v) is 21.8. The van der Waals surface area contributed by atoms with Crippen molar-refractivity contribution < 1.29 is 93.2 Å². The van der Waals surface area contributed by atoms with E-state index in [-0.39, 0.29) is 54.9 Å². The molecule has 0 aliphatic heterocycles. The fourth-order valence-electron chi connectivity index (χ4n) is 0. The monoisotopic (exact) mass is 672 g/mol. The van der Waals surface area contributed by atoms with Crippen LogP contribution in [-0.4, -0.2) is 18.0 Å². The number of hydrogen-bond acceptors (Lipinski definition) is 12. The van der Waals surface area contributed by atoms with Gasteiger partial charge in [-0.2, -0.15) is 0 Å². The third-order valence-electron chi connectivity index (χ3n) is 0. The summed E-state index contributed by atoms with van der Waals surface area (Å²) in [7, 11) is 0. The van der Waals surface area contributed by atoms with E-state index in [1.54, 1.807) is 0 Å². The normalized spacial score (nSPS) is 7.91. The predicted molar refractivity (Wildman–Crippen MR) is 50.0 cm³/mol. The van der Waals surface area contributed by atoms with Crippen molar-refractivity contribution in [2.24, 2.45) is 0 Å². The van der Waals surface area contributed by atoms with E-state index < -0.39 is 50.2 Å². The molecule has 0 heterocycles. The number of quaternary nitrogens is 6. The van der Waals surface area contributed by atoms with Crippen LogP contribution < -0.4 is 59.5 Å². The Morgan fingerprint density at radius 1 is 0.364 bits per heavy atom. The number of hydrogen-bond donors (Lipinski definition) is 6. The van der Waals surface area contributed by atoms with E-state index in [4.69, 9.17) is 42.9 Å². The first kappa shape index (κ1) is 65.9. The first-order valence-electron chi connectivity index (χ1n) is 2.00. The van der Waals surface area contributed by atoms with E-state index in [0.717, 1.165) is 0 Å². The van der Waals surface area contributed by atoms with Crippen molar-refractivity contribution in [3.05, 3.63) is 0 Å². The van der Waals surface area contributed by atoms with Crippen molar-refractivity contribution in [3.63, 3.8) is 0 Å². The molecule has 0 aromatic rings. The van der Waals surface area contributed by atoms with Gasteiger partial charge in [0.2, 0.25) is 0 Å². The summed E-state index contributed by atoms with van der Waals surface area (Å²) in [4.78, 5) is 0. The van der Waals surface area contributed by atoms with Crippen molar-refractivity contribution in [1.82, 2.24) is 36.9 Å². The molecule has 0 saturated carbocycles. The molecule has 0 spiro atoms. The average molecular weight is 666 g/mol. The Balaban J connectivity index is -0.0000000106. The van der Waals surface area contributed by atoms with Crippen LogP contribution in [0.25, 0.3) is 0 Å². The molecule has 0 rings (SSSR count). The van der Waals surface area contributed by atoms with E-state index in [1.165, 1.54) is 0 Å². The molecular weight excluding hydrogens is 639 g/mol. The van der Waals surface area contributed by atoms with Gasteiger partial charge in [-0.1, -0.05) is 0 Å². The number of rotatable bonds is 0. The molecule has 0 amide bonds. The summed E-state index contributed by atoms with van der Waals surface area (Å²) in [5.41, 5.74) is 0. The van der Waals surface area contributed by atoms with Crippen LogP contribution in [-0.2, 0) is 70.6 Å². The minimum atomic E-state index is -6.02. The average Bonchev–Trinajstić information content (AvgIpc) is 1.41. The van der Waals surface area contributed by atoms with Crippen LogP contribution in [0, 0.1) is 0 Å². The Morgan fingerprint density at radius 3 is 0.364 bits per heavy atom. The zero-order chi connectivity index (χ0) is 13.5. The van der Waals surface area contributed by atoms with Gasteiger partial charge in [-0.15, -0.1) is 0 Å². The quantitative estimate of drug-likeness (QED) is 0.131. The van der Waals surface area contributed by atoms with Crippen molar-refractivity contribution in [2.45, 2.75) is 0 Å². The molecule has 1 unspecified atom stereocenters. The molecule has 0 radical (unpaired) electrons.